The summed E-state index contributed by atoms with van der Waals surface area (Å²) >= 11 is 2.06. The van der Waals surface area contributed by atoms with Crippen LogP contribution >= 0.6 is 22.6 Å². The van der Waals surface area contributed by atoms with Crippen LogP contribution in [0.3, 0.4) is 0 Å². The van der Waals surface area contributed by atoms with Crippen molar-refractivity contribution >= 4 is 34.3 Å². The fourth-order valence-electron chi connectivity index (χ4n) is 1.36. The molecule has 104 valence electrons. The van der Waals surface area contributed by atoms with Gasteiger partial charge in [0.05, 0.1) is 10.2 Å². The van der Waals surface area contributed by atoms with Gasteiger partial charge in [0.15, 0.2) is 12.6 Å². The van der Waals surface area contributed by atoms with E-state index in [2.05, 4.69) is 22.6 Å². The number of halogens is 1. The minimum absolute atomic E-state index is 0.145. The van der Waals surface area contributed by atoms with Crippen molar-refractivity contribution in [2.45, 2.75) is 13.3 Å². The molecule has 0 aliphatic heterocycles. The third-order valence-electron chi connectivity index (χ3n) is 2.20. The van der Waals surface area contributed by atoms with Crippen LogP contribution in [0.4, 0.5) is 0 Å². The number of carbonyl (C=O) groups is 2. The van der Waals surface area contributed by atoms with Crippen LogP contribution in [0.2, 0.25) is 0 Å². The van der Waals surface area contributed by atoms with E-state index in [1.165, 1.54) is 7.11 Å². The van der Waals surface area contributed by atoms with Gasteiger partial charge >= 0.3 is 5.97 Å². The molecule has 5 nitrogen and oxygen atoms in total. The zero-order chi connectivity index (χ0) is 14.3. The minimum Gasteiger partial charge on any atom is -0.466 e. The Kier molecular flexibility index (Phi) is 6.79. The molecule has 1 rings (SSSR count). The summed E-state index contributed by atoms with van der Waals surface area (Å²) < 4.78 is 15.6. The van der Waals surface area contributed by atoms with Crippen LogP contribution in [0.5, 0.6) is 5.75 Å². The summed E-state index contributed by atoms with van der Waals surface area (Å²) in [6, 6.07) is 4.97. The molecule has 0 radical (unpaired) electrons. The standard InChI is InChI=1S/C13H15IO5/c1-3-18-13(16)7-11(15)9-4-5-12(10(14)6-9)19-8-17-2/h4-6H,3,7-8H2,1-2H3. The lowest BCUT2D eigenvalue weighted by molar-refractivity contribution is -0.141. The van der Waals surface area contributed by atoms with Crippen LogP contribution in [-0.4, -0.2) is 32.3 Å². The zero-order valence-electron chi connectivity index (χ0n) is 10.8. The average Bonchev–Trinajstić information content (AvgIpc) is 2.37. The molecule has 19 heavy (non-hydrogen) atoms. The van der Waals surface area contributed by atoms with Crippen LogP contribution in [0.1, 0.15) is 23.7 Å². The quantitative estimate of drug-likeness (QED) is 0.240. The molecule has 0 aliphatic carbocycles. The normalized spacial score (nSPS) is 10.1. The Hall–Kier alpha value is -1.15. The lowest BCUT2D eigenvalue weighted by Gasteiger charge is -2.08. The van der Waals surface area contributed by atoms with Gasteiger partial charge in [-0.1, -0.05) is 0 Å². The number of methoxy groups -OCH3 is 1. The number of hydrogen-bond acceptors (Lipinski definition) is 5. The van der Waals surface area contributed by atoms with E-state index in [0.717, 1.165) is 3.57 Å². The molecular formula is C13H15IO5. The van der Waals surface area contributed by atoms with Gasteiger partial charge in [-0.15, -0.1) is 0 Å². The zero-order valence-corrected chi connectivity index (χ0v) is 12.9. The summed E-state index contributed by atoms with van der Waals surface area (Å²) in [4.78, 5) is 23.1. The van der Waals surface area contributed by atoms with Gasteiger partial charge < -0.3 is 14.2 Å². The van der Waals surface area contributed by atoms with Gasteiger partial charge in [0.25, 0.3) is 0 Å². The molecular weight excluding hydrogens is 363 g/mol. The van der Waals surface area contributed by atoms with Gasteiger partial charge in [-0.05, 0) is 47.7 Å². The molecule has 1 aromatic rings. The lowest BCUT2D eigenvalue weighted by atomic mass is 10.1. The number of carbonyl (C=O) groups excluding carboxylic acids is 2. The summed E-state index contributed by atoms with van der Waals surface area (Å²) in [5, 5.41) is 0. The van der Waals surface area contributed by atoms with E-state index in [4.69, 9.17) is 14.2 Å². The van der Waals surface area contributed by atoms with E-state index < -0.39 is 5.97 Å². The Balaban J connectivity index is 2.71. The number of rotatable bonds is 7. The maximum atomic E-state index is 11.8. The number of ketones is 1. The van der Waals surface area contributed by atoms with Crippen molar-refractivity contribution < 1.29 is 23.8 Å². The summed E-state index contributed by atoms with van der Waals surface area (Å²) in [6.45, 7) is 2.12. The average molecular weight is 378 g/mol. The Labute approximate surface area is 125 Å². The molecule has 0 amide bonds. The van der Waals surface area contributed by atoms with E-state index in [1.54, 1.807) is 25.1 Å². The topological polar surface area (TPSA) is 61.8 Å². The van der Waals surface area contributed by atoms with E-state index >= 15 is 0 Å². The predicted molar refractivity (Wildman–Crippen MR) is 77.2 cm³/mol. The molecule has 1 aromatic carbocycles. The van der Waals surface area contributed by atoms with E-state index in [-0.39, 0.29) is 25.6 Å². The van der Waals surface area contributed by atoms with Crippen molar-refractivity contribution in [2.75, 3.05) is 20.5 Å². The number of Topliss-reactive ketones (excluding diaryl/α,β-unsaturated/α-hetero) is 1. The highest BCUT2D eigenvalue weighted by molar-refractivity contribution is 14.1. The molecule has 0 saturated carbocycles. The van der Waals surface area contributed by atoms with Crippen molar-refractivity contribution in [3.8, 4) is 5.75 Å². The molecule has 0 fully saturated rings. The number of hydrogen-bond donors (Lipinski definition) is 0. The van der Waals surface area contributed by atoms with Crippen molar-refractivity contribution in [1.29, 1.82) is 0 Å². The van der Waals surface area contributed by atoms with E-state index in [9.17, 15) is 9.59 Å². The third kappa shape index (κ3) is 5.15. The highest BCUT2D eigenvalue weighted by atomic mass is 127. The molecule has 6 heteroatoms. The predicted octanol–water partition coefficient (Wildman–Crippen LogP) is 2.41. The largest absolute Gasteiger partial charge is 0.466 e. The second kappa shape index (κ2) is 8.11. The molecule has 0 bridgehead atoms. The lowest BCUT2D eigenvalue weighted by Crippen LogP contribution is -2.11. The second-order valence-electron chi connectivity index (χ2n) is 3.60. The van der Waals surface area contributed by atoms with Crippen LogP contribution in [-0.2, 0) is 14.3 Å². The summed E-state index contributed by atoms with van der Waals surface area (Å²) in [5.74, 6) is -0.146. The van der Waals surface area contributed by atoms with E-state index in [1.807, 2.05) is 0 Å². The number of ether oxygens (including phenoxy) is 3. The molecule has 0 saturated heterocycles. The molecule has 0 spiro atoms. The molecule has 0 aromatic heterocycles. The van der Waals surface area contributed by atoms with Crippen LogP contribution in [0.25, 0.3) is 0 Å². The first kappa shape index (κ1) is 15.9. The fourth-order valence-corrected chi connectivity index (χ4v) is 2.03. The molecule has 0 N–H and O–H groups in total. The Morgan fingerprint density at radius 3 is 2.63 bits per heavy atom. The summed E-state index contributed by atoms with van der Waals surface area (Å²) in [5.41, 5.74) is 0.460. The molecule has 0 atom stereocenters. The maximum absolute atomic E-state index is 11.8. The van der Waals surface area contributed by atoms with Gasteiger partial charge in [-0.2, -0.15) is 0 Å². The minimum atomic E-state index is -0.512. The second-order valence-corrected chi connectivity index (χ2v) is 4.76. The molecule has 0 heterocycles. The Morgan fingerprint density at radius 2 is 2.05 bits per heavy atom. The molecule has 0 aliphatic rings. The van der Waals surface area contributed by atoms with Crippen LogP contribution in [0.15, 0.2) is 18.2 Å². The van der Waals surface area contributed by atoms with Crippen molar-refractivity contribution in [3.63, 3.8) is 0 Å². The van der Waals surface area contributed by atoms with Gasteiger partial charge in [0, 0.05) is 12.7 Å². The number of esters is 1. The highest BCUT2D eigenvalue weighted by Gasteiger charge is 2.14. The Bertz CT molecular complexity index is 458. The van der Waals surface area contributed by atoms with Crippen molar-refractivity contribution in [1.82, 2.24) is 0 Å². The van der Waals surface area contributed by atoms with Crippen molar-refractivity contribution in [3.05, 3.63) is 27.3 Å². The van der Waals surface area contributed by atoms with Gasteiger partial charge in [0.1, 0.15) is 12.2 Å². The Morgan fingerprint density at radius 1 is 1.32 bits per heavy atom. The smallest absolute Gasteiger partial charge is 0.313 e. The third-order valence-corrected chi connectivity index (χ3v) is 3.04. The maximum Gasteiger partial charge on any atom is 0.313 e. The van der Waals surface area contributed by atoms with Gasteiger partial charge in [0.2, 0.25) is 0 Å². The number of benzene rings is 1. The monoisotopic (exact) mass is 378 g/mol. The van der Waals surface area contributed by atoms with Gasteiger partial charge in [-0.25, -0.2) is 0 Å². The highest BCUT2D eigenvalue weighted by Crippen LogP contribution is 2.22. The summed E-state index contributed by atoms with van der Waals surface area (Å²) in [7, 11) is 1.53. The first-order valence-electron chi connectivity index (χ1n) is 5.68. The van der Waals surface area contributed by atoms with E-state index in [0.29, 0.717) is 11.3 Å². The molecule has 0 unspecified atom stereocenters. The van der Waals surface area contributed by atoms with Gasteiger partial charge in [-0.3, -0.25) is 9.59 Å². The first-order valence-corrected chi connectivity index (χ1v) is 6.76. The van der Waals surface area contributed by atoms with Crippen LogP contribution < -0.4 is 4.74 Å². The fraction of sp³-hybridized carbons (Fsp3) is 0.385. The van der Waals surface area contributed by atoms with Crippen molar-refractivity contribution in [2.24, 2.45) is 0 Å². The first-order chi connectivity index (χ1) is 9.08. The summed E-state index contributed by atoms with van der Waals surface area (Å²) in [6.07, 6.45) is -0.248. The SMILES string of the molecule is CCOC(=O)CC(=O)c1ccc(OCOC)c(I)c1. The van der Waals surface area contributed by atoms with Crippen LogP contribution in [0, 0.1) is 3.57 Å².